The molecule has 0 radical (unpaired) electrons. The van der Waals surface area contributed by atoms with Gasteiger partial charge in [0.2, 0.25) is 0 Å². The smallest absolute Gasteiger partial charge is 0.407 e. The van der Waals surface area contributed by atoms with Crippen LogP contribution in [0.1, 0.15) is 48.0 Å². The summed E-state index contributed by atoms with van der Waals surface area (Å²) in [5.41, 5.74) is -0.450. The van der Waals surface area contributed by atoms with Gasteiger partial charge in [0.05, 0.1) is 6.61 Å². The Morgan fingerprint density at radius 3 is 2.37 bits per heavy atom. The third kappa shape index (κ3) is 12.0. The standard InChI is InChI=1S/C14H30N2O3/c1-7-18-10-12(3)15-9-8-11(2)16-13(17)19-14(4,5)6/h11-12,15H,7-10H2,1-6H3,(H,16,17). The van der Waals surface area contributed by atoms with Crippen molar-refractivity contribution in [2.75, 3.05) is 19.8 Å². The van der Waals surface area contributed by atoms with E-state index in [2.05, 4.69) is 17.6 Å². The summed E-state index contributed by atoms with van der Waals surface area (Å²) in [6.07, 6.45) is 0.498. The van der Waals surface area contributed by atoms with E-state index in [1.165, 1.54) is 0 Å². The molecule has 114 valence electrons. The monoisotopic (exact) mass is 274 g/mol. The maximum absolute atomic E-state index is 11.5. The molecule has 5 heteroatoms. The van der Waals surface area contributed by atoms with Gasteiger partial charge < -0.3 is 20.1 Å². The van der Waals surface area contributed by atoms with E-state index in [0.717, 1.165) is 19.6 Å². The van der Waals surface area contributed by atoms with Crippen LogP contribution in [-0.2, 0) is 9.47 Å². The summed E-state index contributed by atoms with van der Waals surface area (Å²) in [6.45, 7) is 13.9. The van der Waals surface area contributed by atoms with Crippen LogP contribution in [0.5, 0.6) is 0 Å². The number of carbonyl (C=O) groups excluding carboxylic acids is 1. The van der Waals surface area contributed by atoms with E-state index in [1.807, 2.05) is 34.6 Å². The topological polar surface area (TPSA) is 59.6 Å². The zero-order chi connectivity index (χ0) is 14.9. The van der Waals surface area contributed by atoms with Crippen molar-refractivity contribution in [2.45, 2.75) is 65.6 Å². The lowest BCUT2D eigenvalue weighted by Crippen LogP contribution is -2.40. The highest BCUT2D eigenvalue weighted by Crippen LogP contribution is 2.06. The average molecular weight is 274 g/mol. The number of nitrogens with one attached hydrogen (secondary N) is 2. The molecule has 0 aromatic rings. The molecular weight excluding hydrogens is 244 g/mol. The highest BCUT2D eigenvalue weighted by molar-refractivity contribution is 5.67. The van der Waals surface area contributed by atoms with E-state index in [4.69, 9.17) is 9.47 Å². The zero-order valence-electron chi connectivity index (χ0n) is 13.2. The van der Waals surface area contributed by atoms with Crippen LogP contribution in [0.15, 0.2) is 0 Å². The third-order valence-corrected chi connectivity index (χ3v) is 2.41. The molecule has 0 aliphatic heterocycles. The molecule has 0 aromatic carbocycles. The van der Waals surface area contributed by atoms with E-state index in [-0.39, 0.29) is 12.1 Å². The molecule has 0 aromatic heterocycles. The Bertz CT molecular complexity index is 252. The molecule has 0 aliphatic rings. The Labute approximate surface area is 117 Å². The van der Waals surface area contributed by atoms with Crippen molar-refractivity contribution in [3.8, 4) is 0 Å². The molecule has 2 atom stereocenters. The average Bonchev–Trinajstić information content (AvgIpc) is 2.23. The van der Waals surface area contributed by atoms with Crippen LogP contribution in [0, 0.1) is 0 Å². The molecule has 0 fully saturated rings. The molecule has 0 saturated carbocycles. The summed E-state index contributed by atoms with van der Waals surface area (Å²) in [5.74, 6) is 0. The summed E-state index contributed by atoms with van der Waals surface area (Å²) in [5, 5.41) is 6.17. The first kappa shape index (κ1) is 18.2. The minimum atomic E-state index is -0.450. The molecule has 1 amide bonds. The van der Waals surface area contributed by atoms with E-state index in [9.17, 15) is 4.79 Å². The quantitative estimate of drug-likeness (QED) is 0.713. The van der Waals surface area contributed by atoms with E-state index < -0.39 is 5.60 Å². The van der Waals surface area contributed by atoms with Gasteiger partial charge in [0.15, 0.2) is 0 Å². The summed E-state index contributed by atoms with van der Waals surface area (Å²) in [7, 11) is 0. The van der Waals surface area contributed by atoms with Crippen molar-refractivity contribution < 1.29 is 14.3 Å². The van der Waals surface area contributed by atoms with Gasteiger partial charge in [-0.1, -0.05) is 0 Å². The van der Waals surface area contributed by atoms with Crippen LogP contribution in [0.2, 0.25) is 0 Å². The van der Waals surface area contributed by atoms with Crippen LogP contribution < -0.4 is 10.6 Å². The Balaban J connectivity index is 3.69. The lowest BCUT2D eigenvalue weighted by molar-refractivity contribution is 0.0506. The van der Waals surface area contributed by atoms with Gasteiger partial charge in [0.25, 0.3) is 0 Å². The van der Waals surface area contributed by atoms with Crippen LogP contribution >= 0.6 is 0 Å². The minimum Gasteiger partial charge on any atom is -0.444 e. The lowest BCUT2D eigenvalue weighted by Gasteiger charge is -2.22. The van der Waals surface area contributed by atoms with E-state index in [1.54, 1.807) is 0 Å². The van der Waals surface area contributed by atoms with Gasteiger partial charge in [-0.3, -0.25) is 0 Å². The van der Waals surface area contributed by atoms with Gasteiger partial charge in [-0.25, -0.2) is 4.79 Å². The number of alkyl carbamates (subject to hydrolysis) is 1. The van der Waals surface area contributed by atoms with Crippen LogP contribution in [0.3, 0.4) is 0 Å². The Kier molecular flexibility index (Phi) is 8.76. The molecule has 0 saturated heterocycles. The maximum Gasteiger partial charge on any atom is 0.407 e. The lowest BCUT2D eigenvalue weighted by atomic mass is 10.2. The second kappa shape index (κ2) is 9.15. The predicted octanol–water partition coefficient (Wildman–Crippen LogP) is 2.30. The van der Waals surface area contributed by atoms with Crippen molar-refractivity contribution in [2.24, 2.45) is 0 Å². The first-order chi connectivity index (χ1) is 8.74. The van der Waals surface area contributed by atoms with Gasteiger partial charge >= 0.3 is 6.09 Å². The molecule has 5 nitrogen and oxygen atoms in total. The molecule has 0 aliphatic carbocycles. The van der Waals surface area contributed by atoms with Crippen molar-refractivity contribution >= 4 is 6.09 Å². The van der Waals surface area contributed by atoms with Crippen molar-refractivity contribution in [3.05, 3.63) is 0 Å². The molecule has 2 unspecified atom stereocenters. The van der Waals surface area contributed by atoms with Gasteiger partial charge in [-0.2, -0.15) is 0 Å². The predicted molar refractivity (Wildman–Crippen MR) is 77.4 cm³/mol. The summed E-state index contributed by atoms with van der Waals surface area (Å²) in [4.78, 5) is 11.5. The molecule has 2 N–H and O–H groups in total. The highest BCUT2D eigenvalue weighted by Gasteiger charge is 2.17. The largest absolute Gasteiger partial charge is 0.444 e. The molecular formula is C14H30N2O3. The van der Waals surface area contributed by atoms with E-state index >= 15 is 0 Å². The highest BCUT2D eigenvalue weighted by atomic mass is 16.6. The first-order valence-corrected chi connectivity index (χ1v) is 7.05. The number of rotatable bonds is 8. The first-order valence-electron chi connectivity index (χ1n) is 7.05. The fourth-order valence-electron chi connectivity index (χ4n) is 1.48. The Morgan fingerprint density at radius 1 is 1.21 bits per heavy atom. The molecule has 0 spiro atoms. The number of carbonyl (C=O) groups is 1. The fraction of sp³-hybridized carbons (Fsp3) is 0.929. The summed E-state index contributed by atoms with van der Waals surface area (Å²) >= 11 is 0. The van der Waals surface area contributed by atoms with Crippen molar-refractivity contribution in [1.29, 1.82) is 0 Å². The number of hydrogen-bond donors (Lipinski definition) is 2. The zero-order valence-corrected chi connectivity index (χ0v) is 13.2. The second-order valence-corrected chi connectivity index (χ2v) is 5.85. The van der Waals surface area contributed by atoms with Crippen LogP contribution in [-0.4, -0.2) is 43.5 Å². The molecule has 0 heterocycles. The van der Waals surface area contributed by atoms with Crippen LogP contribution in [0.25, 0.3) is 0 Å². The number of amides is 1. The molecule has 19 heavy (non-hydrogen) atoms. The number of ether oxygens (including phenoxy) is 2. The maximum atomic E-state index is 11.5. The summed E-state index contributed by atoms with van der Waals surface area (Å²) in [6, 6.07) is 0.412. The summed E-state index contributed by atoms with van der Waals surface area (Å²) < 4.78 is 10.5. The van der Waals surface area contributed by atoms with E-state index in [0.29, 0.717) is 12.6 Å². The molecule has 0 bridgehead atoms. The second-order valence-electron chi connectivity index (χ2n) is 5.85. The van der Waals surface area contributed by atoms with Crippen LogP contribution in [0.4, 0.5) is 4.79 Å². The minimum absolute atomic E-state index is 0.0849. The van der Waals surface area contributed by atoms with Gasteiger partial charge in [0, 0.05) is 18.7 Å². The third-order valence-electron chi connectivity index (χ3n) is 2.41. The fourth-order valence-corrected chi connectivity index (χ4v) is 1.48. The van der Waals surface area contributed by atoms with Gasteiger partial charge in [-0.15, -0.1) is 0 Å². The SMILES string of the molecule is CCOCC(C)NCCC(C)NC(=O)OC(C)(C)C. The Morgan fingerprint density at radius 2 is 1.84 bits per heavy atom. The van der Waals surface area contributed by atoms with Gasteiger partial charge in [0.1, 0.15) is 5.60 Å². The Hall–Kier alpha value is -0.810. The van der Waals surface area contributed by atoms with Crippen molar-refractivity contribution in [3.63, 3.8) is 0 Å². The normalized spacial score (nSPS) is 14.8. The number of hydrogen-bond acceptors (Lipinski definition) is 4. The molecule has 0 rings (SSSR count). The van der Waals surface area contributed by atoms with Crippen molar-refractivity contribution in [1.82, 2.24) is 10.6 Å². The van der Waals surface area contributed by atoms with Gasteiger partial charge in [-0.05, 0) is 54.5 Å².